The first kappa shape index (κ1) is 18.5. The second-order valence-electron chi connectivity index (χ2n) is 5.49. The first-order valence-corrected chi connectivity index (χ1v) is 7.50. The van der Waals surface area contributed by atoms with Crippen LogP contribution in [0.2, 0.25) is 0 Å². The maximum absolute atomic E-state index is 12.3. The van der Waals surface area contributed by atoms with Gasteiger partial charge in [0.05, 0.1) is 6.04 Å². The molecule has 0 radical (unpaired) electrons. The number of hydrogen-bond acceptors (Lipinski definition) is 3. The van der Waals surface area contributed by atoms with E-state index < -0.39 is 12.1 Å². The number of halogens is 1. The third-order valence-electron chi connectivity index (χ3n) is 3.77. The second kappa shape index (κ2) is 8.76. The Balaban J connectivity index is 0.00000242. The number of rotatable bonds is 6. The molecule has 2 atom stereocenters. The number of nitrogens with zero attached hydrogens (tertiary/aromatic N) is 1. The normalized spacial score (nSPS) is 18.7. The SMILES string of the molecule is CCCC(N)C(=O)NC1CCN(Cc2ccccc2)C1=O.Cl. The van der Waals surface area contributed by atoms with Crippen molar-refractivity contribution in [2.45, 2.75) is 44.8 Å². The van der Waals surface area contributed by atoms with Gasteiger partial charge in [-0.05, 0) is 18.4 Å². The molecule has 2 amide bonds. The summed E-state index contributed by atoms with van der Waals surface area (Å²) in [6.07, 6.45) is 2.14. The van der Waals surface area contributed by atoms with Gasteiger partial charge in [0.2, 0.25) is 11.8 Å². The first-order chi connectivity index (χ1) is 10.1. The third kappa shape index (κ3) is 4.71. The number of carbonyl (C=O) groups is 2. The second-order valence-corrected chi connectivity index (χ2v) is 5.49. The molecule has 1 aromatic carbocycles. The molecule has 0 spiro atoms. The van der Waals surface area contributed by atoms with E-state index in [1.54, 1.807) is 4.90 Å². The summed E-state index contributed by atoms with van der Waals surface area (Å²) in [6, 6.07) is 8.91. The Hall–Kier alpha value is -1.59. The quantitative estimate of drug-likeness (QED) is 0.831. The summed E-state index contributed by atoms with van der Waals surface area (Å²) >= 11 is 0. The van der Waals surface area contributed by atoms with Crippen molar-refractivity contribution >= 4 is 24.2 Å². The molecule has 1 aliphatic heterocycles. The predicted molar refractivity (Wildman–Crippen MR) is 88.5 cm³/mol. The van der Waals surface area contributed by atoms with E-state index in [9.17, 15) is 9.59 Å². The summed E-state index contributed by atoms with van der Waals surface area (Å²) in [6.45, 7) is 3.24. The Morgan fingerprint density at radius 2 is 2.09 bits per heavy atom. The molecule has 0 aromatic heterocycles. The van der Waals surface area contributed by atoms with Crippen molar-refractivity contribution in [1.29, 1.82) is 0 Å². The summed E-state index contributed by atoms with van der Waals surface area (Å²) in [5.41, 5.74) is 6.87. The van der Waals surface area contributed by atoms with Crippen molar-refractivity contribution in [2.75, 3.05) is 6.54 Å². The molecule has 0 aliphatic carbocycles. The van der Waals surface area contributed by atoms with Crippen LogP contribution in [-0.4, -0.2) is 35.3 Å². The van der Waals surface area contributed by atoms with E-state index in [-0.39, 0.29) is 24.2 Å². The Kier molecular flexibility index (Phi) is 7.35. The number of nitrogens with two attached hydrogens (primary N) is 1. The minimum absolute atomic E-state index is 0. The molecule has 2 unspecified atom stereocenters. The lowest BCUT2D eigenvalue weighted by Gasteiger charge is -2.18. The van der Waals surface area contributed by atoms with Gasteiger partial charge in [-0.3, -0.25) is 9.59 Å². The largest absolute Gasteiger partial charge is 0.343 e. The van der Waals surface area contributed by atoms with Crippen LogP contribution in [0.1, 0.15) is 31.7 Å². The molecular formula is C16H24ClN3O2. The van der Waals surface area contributed by atoms with Gasteiger partial charge in [0, 0.05) is 13.1 Å². The van der Waals surface area contributed by atoms with E-state index in [1.807, 2.05) is 37.3 Å². The van der Waals surface area contributed by atoms with Gasteiger partial charge in [0.25, 0.3) is 0 Å². The number of carbonyl (C=O) groups excluding carboxylic acids is 2. The first-order valence-electron chi connectivity index (χ1n) is 7.50. The van der Waals surface area contributed by atoms with Crippen molar-refractivity contribution in [1.82, 2.24) is 10.2 Å². The van der Waals surface area contributed by atoms with Crippen LogP contribution in [0.25, 0.3) is 0 Å². The molecule has 22 heavy (non-hydrogen) atoms. The minimum atomic E-state index is -0.522. The van der Waals surface area contributed by atoms with Crippen molar-refractivity contribution < 1.29 is 9.59 Å². The summed E-state index contributed by atoms with van der Waals surface area (Å²) in [5, 5.41) is 2.77. The van der Waals surface area contributed by atoms with Gasteiger partial charge in [0.1, 0.15) is 6.04 Å². The van der Waals surface area contributed by atoms with Crippen LogP contribution in [0, 0.1) is 0 Å². The summed E-state index contributed by atoms with van der Waals surface area (Å²) in [4.78, 5) is 26.0. The van der Waals surface area contributed by atoms with Crippen LogP contribution >= 0.6 is 12.4 Å². The van der Waals surface area contributed by atoms with E-state index in [4.69, 9.17) is 5.73 Å². The minimum Gasteiger partial charge on any atom is -0.343 e. The average Bonchev–Trinajstić information content (AvgIpc) is 2.81. The van der Waals surface area contributed by atoms with Gasteiger partial charge in [0.15, 0.2) is 0 Å². The highest BCUT2D eigenvalue weighted by Gasteiger charge is 2.33. The smallest absolute Gasteiger partial charge is 0.245 e. The summed E-state index contributed by atoms with van der Waals surface area (Å²) < 4.78 is 0. The van der Waals surface area contributed by atoms with Crippen LogP contribution in [0.3, 0.4) is 0 Å². The zero-order valence-corrected chi connectivity index (χ0v) is 13.6. The van der Waals surface area contributed by atoms with E-state index in [1.165, 1.54) is 0 Å². The molecular weight excluding hydrogens is 302 g/mol. The fraction of sp³-hybridized carbons (Fsp3) is 0.500. The summed E-state index contributed by atoms with van der Waals surface area (Å²) in [7, 11) is 0. The lowest BCUT2D eigenvalue weighted by Crippen LogP contribution is -2.48. The molecule has 3 N–H and O–H groups in total. The van der Waals surface area contributed by atoms with E-state index in [0.29, 0.717) is 25.9 Å². The Labute approximate surface area is 137 Å². The molecule has 1 heterocycles. The Morgan fingerprint density at radius 3 is 2.73 bits per heavy atom. The van der Waals surface area contributed by atoms with Crippen molar-refractivity contribution in [3.63, 3.8) is 0 Å². The van der Waals surface area contributed by atoms with Crippen molar-refractivity contribution in [2.24, 2.45) is 5.73 Å². The predicted octanol–water partition coefficient (Wildman–Crippen LogP) is 1.45. The lowest BCUT2D eigenvalue weighted by molar-refractivity contribution is -0.133. The highest BCUT2D eigenvalue weighted by Crippen LogP contribution is 2.15. The molecule has 122 valence electrons. The molecule has 1 aliphatic rings. The van der Waals surface area contributed by atoms with Crippen LogP contribution in [-0.2, 0) is 16.1 Å². The molecule has 0 bridgehead atoms. The van der Waals surface area contributed by atoms with E-state index in [0.717, 1.165) is 12.0 Å². The Bertz CT molecular complexity index is 495. The highest BCUT2D eigenvalue weighted by molar-refractivity contribution is 5.90. The zero-order valence-electron chi connectivity index (χ0n) is 12.8. The number of hydrogen-bond donors (Lipinski definition) is 2. The molecule has 5 nitrogen and oxygen atoms in total. The molecule has 1 saturated heterocycles. The van der Waals surface area contributed by atoms with Gasteiger partial charge in [-0.15, -0.1) is 12.4 Å². The van der Waals surface area contributed by atoms with Crippen LogP contribution in [0.5, 0.6) is 0 Å². The standard InChI is InChI=1S/C16H23N3O2.ClH/c1-2-6-13(17)15(20)18-14-9-10-19(16(14)21)11-12-7-4-3-5-8-12;/h3-5,7-8,13-14H,2,6,9-11,17H2,1H3,(H,18,20);1H. The van der Waals surface area contributed by atoms with Crippen molar-refractivity contribution in [3.8, 4) is 0 Å². The molecule has 2 rings (SSSR count). The number of amides is 2. The van der Waals surface area contributed by atoms with E-state index >= 15 is 0 Å². The number of likely N-dealkylation sites (tertiary alicyclic amines) is 1. The van der Waals surface area contributed by atoms with Gasteiger partial charge < -0.3 is 16.0 Å². The Morgan fingerprint density at radius 1 is 1.41 bits per heavy atom. The van der Waals surface area contributed by atoms with Crippen LogP contribution in [0.4, 0.5) is 0 Å². The third-order valence-corrected chi connectivity index (χ3v) is 3.77. The number of nitrogens with one attached hydrogen (secondary N) is 1. The topological polar surface area (TPSA) is 75.4 Å². The average molecular weight is 326 g/mol. The number of benzene rings is 1. The van der Waals surface area contributed by atoms with Gasteiger partial charge >= 0.3 is 0 Å². The summed E-state index contributed by atoms with van der Waals surface area (Å²) in [5.74, 6) is -0.243. The monoisotopic (exact) mass is 325 g/mol. The lowest BCUT2D eigenvalue weighted by atomic mass is 10.1. The highest BCUT2D eigenvalue weighted by atomic mass is 35.5. The van der Waals surface area contributed by atoms with Gasteiger partial charge in [-0.2, -0.15) is 0 Å². The van der Waals surface area contributed by atoms with Gasteiger partial charge in [-0.25, -0.2) is 0 Å². The van der Waals surface area contributed by atoms with Crippen LogP contribution < -0.4 is 11.1 Å². The molecule has 6 heteroatoms. The van der Waals surface area contributed by atoms with Crippen LogP contribution in [0.15, 0.2) is 30.3 Å². The molecule has 1 aromatic rings. The van der Waals surface area contributed by atoms with Crippen molar-refractivity contribution in [3.05, 3.63) is 35.9 Å². The van der Waals surface area contributed by atoms with E-state index in [2.05, 4.69) is 5.32 Å². The molecule has 1 fully saturated rings. The fourth-order valence-corrected chi connectivity index (χ4v) is 2.55. The maximum Gasteiger partial charge on any atom is 0.245 e. The molecule has 0 saturated carbocycles. The maximum atomic E-state index is 12.3. The van der Waals surface area contributed by atoms with Gasteiger partial charge in [-0.1, -0.05) is 43.7 Å². The zero-order chi connectivity index (χ0) is 15.2. The fourth-order valence-electron chi connectivity index (χ4n) is 2.55.